The van der Waals surface area contributed by atoms with Crippen molar-refractivity contribution in [1.82, 2.24) is 9.97 Å². The molecule has 1 atom stereocenters. The molecule has 0 saturated carbocycles. The smallest absolute Gasteiger partial charge is 0.342 e. The first-order valence-corrected chi connectivity index (χ1v) is 5.21. The summed E-state index contributed by atoms with van der Waals surface area (Å²) in [5.74, 6) is -1.23. The molecular formula is C11H12F3N3. The maximum Gasteiger partial charge on any atom is 0.393 e. The van der Waals surface area contributed by atoms with Crippen molar-refractivity contribution < 1.29 is 13.2 Å². The number of nitrogens with two attached hydrogens (primary N) is 1. The van der Waals surface area contributed by atoms with Crippen LogP contribution in [0.5, 0.6) is 0 Å². The van der Waals surface area contributed by atoms with Crippen molar-refractivity contribution in [2.24, 2.45) is 11.7 Å². The van der Waals surface area contributed by atoms with Crippen molar-refractivity contribution in [3.8, 4) is 0 Å². The van der Waals surface area contributed by atoms with Crippen molar-refractivity contribution in [3.05, 3.63) is 30.1 Å². The van der Waals surface area contributed by atoms with Crippen LogP contribution in [-0.4, -0.2) is 22.7 Å². The van der Waals surface area contributed by atoms with Gasteiger partial charge >= 0.3 is 6.18 Å². The van der Waals surface area contributed by atoms with Gasteiger partial charge in [-0.25, -0.2) is 4.98 Å². The summed E-state index contributed by atoms with van der Waals surface area (Å²) < 4.78 is 37.6. The first-order valence-electron chi connectivity index (χ1n) is 5.21. The Balaban J connectivity index is 2.23. The van der Waals surface area contributed by atoms with Gasteiger partial charge in [-0.1, -0.05) is 12.1 Å². The van der Waals surface area contributed by atoms with E-state index in [4.69, 9.17) is 5.73 Å². The van der Waals surface area contributed by atoms with Crippen LogP contribution < -0.4 is 5.73 Å². The minimum Gasteiger partial charge on any atom is -0.342 e. The van der Waals surface area contributed by atoms with Gasteiger partial charge in [0.1, 0.15) is 5.82 Å². The number of hydrogen-bond donors (Lipinski definition) is 2. The van der Waals surface area contributed by atoms with Gasteiger partial charge in [0.2, 0.25) is 0 Å². The van der Waals surface area contributed by atoms with Crippen LogP contribution in [-0.2, 0) is 6.42 Å². The third-order valence-corrected chi connectivity index (χ3v) is 2.63. The van der Waals surface area contributed by atoms with E-state index in [9.17, 15) is 13.2 Å². The van der Waals surface area contributed by atoms with Crippen LogP contribution in [0.4, 0.5) is 13.2 Å². The number of H-pyrrole nitrogens is 1. The Hall–Kier alpha value is -1.56. The van der Waals surface area contributed by atoms with E-state index in [2.05, 4.69) is 9.97 Å². The fourth-order valence-electron chi connectivity index (χ4n) is 1.67. The fraction of sp³-hybridized carbons (Fsp3) is 0.364. The molecule has 0 radical (unpaired) electrons. The van der Waals surface area contributed by atoms with E-state index in [1.54, 1.807) is 24.3 Å². The summed E-state index contributed by atoms with van der Waals surface area (Å²) in [6, 6.07) is 7.11. The van der Waals surface area contributed by atoms with E-state index < -0.39 is 18.6 Å². The fourth-order valence-corrected chi connectivity index (χ4v) is 1.67. The summed E-state index contributed by atoms with van der Waals surface area (Å²) in [7, 11) is 0. The molecular weight excluding hydrogens is 231 g/mol. The van der Waals surface area contributed by atoms with Crippen LogP contribution in [0.2, 0.25) is 0 Å². The van der Waals surface area contributed by atoms with Crippen LogP contribution in [0.3, 0.4) is 0 Å². The van der Waals surface area contributed by atoms with Crippen molar-refractivity contribution >= 4 is 11.0 Å². The molecule has 17 heavy (non-hydrogen) atoms. The normalized spacial score (nSPS) is 14.1. The molecule has 0 spiro atoms. The molecule has 3 N–H and O–H groups in total. The minimum atomic E-state index is -4.28. The van der Waals surface area contributed by atoms with Crippen molar-refractivity contribution in [2.75, 3.05) is 6.54 Å². The second kappa shape index (κ2) is 4.37. The first kappa shape index (κ1) is 11.9. The van der Waals surface area contributed by atoms with Crippen LogP contribution in [0.15, 0.2) is 24.3 Å². The zero-order valence-corrected chi connectivity index (χ0v) is 8.96. The van der Waals surface area contributed by atoms with Crippen LogP contribution >= 0.6 is 0 Å². The lowest BCUT2D eigenvalue weighted by molar-refractivity contribution is -0.171. The Morgan fingerprint density at radius 3 is 2.59 bits per heavy atom. The number of aromatic amines is 1. The molecule has 0 aliphatic rings. The number of nitrogens with one attached hydrogen (secondary N) is 1. The van der Waals surface area contributed by atoms with E-state index in [0.29, 0.717) is 11.3 Å². The first-order chi connectivity index (χ1) is 8.00. The van der Waals surface area contributed by atoms with Gasteiger partial charge in [0.25, 0.3) is 0 Å². The standard InChI is InChI=1S/C11H12F3N3/c12-11(13,14)7(6-15)5-10-16-8-3-1-2-4-9(8)17-10/h1-4,7H,5-6,15H2,(H,16,17)/t7-/m1/s1. The molecule has 3 nitrogen and oxygen atoms in total. The predicted molar refractivity (Wildman–Crippen MR) is 58.4 cm³/mol. The molecule has 6 heteroatoms. The highest BCUT2D eigenvalue weighted by atomic mass is 19.4. The maximum atomic E-state index is 12.5. The van der Waals surface area contributed by atoms with E-state index >= 15 is 0 Å². The number of aromatic nitrogens is 2. The number of rotatable bonds is 3. The summed E-state index contributed by atoms with van der Waals surface area (Å²) in [6.45, 7) is -0.430. The largest absolute Gasteiger partial charge is 0.393 e. The zero-order chi connectivity index (χ0) is 12.5. The number of nitrogens with zero attached hydrogens (tertiary/aromatic N) is 1. The molecule has 92 valence electrons. The molecule has 1 heterocycles. The maximum absolute atomic E-state index is 12.5. The average Bonchev–Trinajstić information content (AvgIpc) is 2.66. The Labute approximate surface area is 95.8 Å². The third-order valence-electron chi connectivity index (χ3n) is 2.63. The van der Waals surface area contributed by atoms with Crippen molar-refractivity contribution in [1.29, 1.82) is 0 Å². The number of benzene rings is 1. The Kier molecular flexibility index (Phi) is 3.06. The van der Waals surface area contributed by atoms with E-state index in [1.807, 2.05) is 0 Å². The molecule has 0 aliphatic carbocycles. The van der Waals surface area contributed by atoms with E-state index in [0.717, 1.165) is 5.52 Å². The molecule has 2 rings (SSSR count). The molecule has 0 fully saturated rings. The van der Waals surface area contributed by atoms with Crippen LogP contribution in [0, 0.1) is 5.92 Å². The van der Waals surface area contributed by atoms with Gasteiger partial charge in [0.15, 0.2) is 0 Å². The monoisotopic (exact) mass is 243 g/mol. The van der Waals surface area contributed by atoms with Gasteiger partial charge in [0, 0.05) is 13.0 Å². The summed E-state index contributed by atoms with van der Waals surface area (Å²) >= 11 is 0. The number of alkyl halides is 3. The quantitative estimate of drug-likeness (QED) is 0.868. The summed E-state index contributed by atoms with van der Waals surface area (Å²) in [5, 5.41) is 0. The highest BCUT2D eigenvalue weighted by Gasteiger charge is 2.38. The molecule has 1 aromatic heterocycles. The Bertz CT molecular complexity index is 471. The molecule has 0 saturated heterocycles. The second-order valence-corrected chi connectivity index (χ2v) is 3.88. The van der Waals surface area contributed by atoms with Gasteiger partial charge in [0.05, 0.1) is 17.0 Å². The Morgan fingerprint density at radius 1 is 1.29 bits per heavy atom. The lowest BCUT2D eigenvalue weighted by Crippen LogP contribution is -2.32. The van der Waals surface area contributed by atoms with E-state index in [1.165, 1.54) is 0 Å². The third kappa shape index (κ3) is 2.58. The SMILES string of the molecule is NC[C@@H](Cc1nc2ccccc2[nH]1)C(F)(F)F. The highest BCUT2D eigenvalue weighted by Crippen LogP contribution is 2.28. The highest BCUT2D eigenvalue weighted by molar-refractivity contribution is 5.74. The molecule has 0 aliphatic heterocycles. The van der Waals surface area contributed by atoms with Crippen molar-refractivity contribution in [2.45, 2.75) is 12.6 Å². The lowest BCUT2D eigenvalue weighted by atomic mass is 10.1. The van der Waals surface area contributed by atoms with Gasteiger partial charge in [-0.15, -0.1) is 0 Å². The number of imidazole rings is 1. The summed E-state index contributed by atoms with van der Waals surface area (Å²) in [6.07, 6.45) is -4.50. The van der Waals surface area contributed by atoms with Crippen molar-refractivity contribution in [3.63, 3.8) is 0 Å². The molecule has 2 aromatic rings. The molecule has 1 aromatic carbocycles. The zero-order valence-electron chi connectivity index (χ0n) is 8.96. The van der Waals surface area contributed by atoms with Gasteiger partial charge in [-0.2, -0.15) is 13.2 Å². The van der Waals surface area contributed by atoms with Gasteiger partial charge < -0.3 is 10.7 Å². The molecule has 0 unspecified atom stereocenters. The summed E-state index contributed by atoms with van der Waals surface area (Å²) in [4.78, 5) is 6.97. The van der Waals surface area contributed by atoms with Gasteiger partial charge in [-0.05, 0) is 12.1 Å². The van der Waals surface area contributed by atoms with Crippen LogP contribution in [0.25, 0.3) is 11.0 Å². The Morgan fingerprint density at radius 2 is 2.00 bits per heavy atom. The summed E-state index contributed by atoms with van der Waals surface area (Å²) in [5.41, 5.74) is 6.54. The average molecular weight is 243 g/mol. The number of hydrogen-bond acceptors (Lipinski definition) is 2. The number of para-hydroxylation sites is 2. The minimum absolute atomic E-state index is 0.214. The molecule has 0 amide bonds. The van der Waals surface area contributed by atoms with Crippen LogP contribution in [0.1, 0.15) is 5.82 Å². The van der Waals surface area contributed by atoms with Gasteiger partial charge in [-0.3, -0.25) is 0 Å². The topological polar surface area (TPSA) is 54.7 Å². The molecule has 0 bridgehead atoms. The van der Waals surface area contributed by atoms with E-state index in [-0.39, 0.29) is 6.42 Å². The number of halogens is 3. The predicted octanol–water partition coefficient (Wildman–Crippen LogP) is 2.24. The second-order valence-electron chi connectivity index (χ2n) is 3.88. The number of fused-ring (bicyclic) bond motifs is 1. The lowest BCUT2D eigenvalue weighted by Gasteiger charge is -2.16.